The van der Waals surface area contributed by atoms with Crippen molar-refractivity contribution in [2.75, 3.05) is 14.1 Å². The third-order valence-corrected chi connectivity index (χ3v) is 5.43. The van der Waals surface area contributed by atoms with E-state index in [1.54, 1.807) is 20.2 Å². The van der Waals surface area contributed by atoms with Crippen molar-refractivity contribution in [2.45, 2.75) is 9.99 Å². The van der Waals surface area contributed by atoms with Crippen LogP contribution in [-0.2, 0) is 4.79 Å². The predicted octanol–water partition coefficient (Wildman–Crippen LogP) is 4.62. The maximum atomic E-state index is 12.1. The van der Waals surface area contributed by atoms with Gasteiger partial charge in [-0.05, 0) is 48.2 Å². The molecule has 1 aliphatic rings. The van der Waals surface area contributed by atoms with Crippen molar-refractivity contribution in [3.05, 3.63) is 52.1 Å². The highest BCUT2D eigenvalue weighted by Gasteiger charge is 2.29. The number of aliphatic imine (C=N–C) groups is 1. The van der Waals surface area contributed by atoms with Gasteiger partial charge in [-0.1, -0.05) is 23.4 Å². The van der Waals surface area contributed by atoms with E-state index in [0.29, 0.717) is 20.9 Å². The summed E-state index contributed by atoms with van der Waals surface area (Å²) in [5, 5.41) is 2.14. The average molecular weight is 365 g/mol. The fraction of sp³-hybridized carbons (Fsp3) is 0.125. The second-order valence-electron chi connectivity index (χ2n) is 4.69. The minimum atomic E-state index is -0.0705. The number of benzene rings is 1. The van der Waals surface area contributed by atoms with E-state index in [1.165, 1.54) is 28.4 Å². The summed E-state index contributed by atoms with van der Waals surface area (Å²) in [7, 11) is 3.38. The number of hydrogen-bond donors (Lipinski definition) is 0. The molecule has 23 heavy (non-hydrogen) atoms. The largest absolute Gasteiger partial charge is 0.450 e. The van der Waals surface area contributed by atoms with E-state index in [0.717, 1.165) is 9.99 Å². The second-order valence-corrected chi connectivity index (χ2v) is 7.22. The number of nitrogens with zero attached hydrogens (tertiary/aromatic N) is 2. The Labute approximate surface area is 147 Å². The van der Waals surface area contributed by atoms with Gasteiger partial charge in [-0.2, -0.15) is 0 Å². The van der Waals surface area contributed by atoms with Crippen LogP contribution in [-0.4, -0.2) is 30.1 Å². The van der Waals surface area contributed by atoms with Gasteiger partial charge in [-0.25, -0.2) is 0 Å². The third-order valence-electron chi connectivity index (χ3n) is 3.10. The summed E-state index contributed by atoms with van der Waals surface area (Å²) in [6, 6.07) is 11.3. The molecule has 1 amide bonds. The van der Waals surface area contributed by atoms with Crippen LogP contribution in [0.25, 0.3) is 6.08 Å². The number of likely N-dealkylation sites (N-methyl/N-ethyl adjacent to an activating group) is 1. The first kappa shape index (κ1) is 16.2. The number of thioether (sulfide) groups is 1. The third kappa shape index (κ3) is 3.65. The van der Waals surface area contributed by atoms with E-state index in [4.69, 9.17) is 16.0 Å². The van der Waals surface area contributed by atoms with Crippen molar-refractivity contribution in [3.63, 3.8) is 0 Å². The fourth-order valence-electron chi connectivity index (χ4n) is 1.96. The van der Waals surface area contributed by atoms with Gasteiger partial charge in [0.2, 0.25) is 0 Å². The van der Waals surface area contributed by atoms with Gasteiger partial charge in [0, 0.05) is 30.1 Å². The van der Waals surface area contributed by atoms with Crippen LogP contribution in [0.2, 0.25) is 5.02 Å². The fourth-order valence-corrected chi connectivity index (χ4v) is 3.78. The number of amidine groups is 1. The molecule has 0 radical (unpaired) electrons. The van der Waals surface area contributed by atoms with Crippen LogP contribution in [0.1, 0.15) is 5.76 Å². The van der Waals surface area contributed by atoms with Gasteiger partial charge in [0.25, 0.3) is 5.91 Å². The highest BCUT2D eigenvalue weighted by atomic mass is 35.5. The first-order valence-corrected chi connectivity index (χ1v) is 8.75. The van der Waals surface area contributed by atoms with Crippen LogP contribution in [0, 0.1) is 0 Å². The number of carbonyl (C=O) groups excluding carboxylic acids is 1. The van der Waals surface area contributed by atoms with Gasteiger partial charge < -0.3 is 4.42 Å². The number of furan rings is 1. The number of amides is 1. The van der Waals surface area contributed by atoms with E-state index in [2.05, 4.69) is 4.99 Å². The van der Waals surface area contributed by atoms with E-state index in [9.17, 15) is 4.79 Å². The maximum absolute atomic E-state index is 12.1. The number of halogens is 1. The number of carbonyl (C=O) groups is 1. The van der Waals surface area contributed by atoms with Gasteiger partial charge in [-0.3, -0.25) is 14.7 Å². The van der Waals surface area contributed by atoms with Gasteiger partial charge in [0.1, 0.15) is 5.76 Å². The molecule has 1 saturated heterocycles. The van der Waals surface area contributed by atoms with Crippen molar-refractivity contribution in [3.8, 4) is 0 Å². The molecule has 0 aliphatic carbocycles. The molecule has 0 spiro atoms. The first-order chi connectivity index (χ1) is 11.1. The van der Waals surface area contributed by atoms with Crippen molar-refractivity contribution in [1.82, 2.24) is 4.90 Å². The quantitative estimate of drug-likeness (QED) is 0.746. The SMILES string of the molecule is CN=C1S/C(=C/c2ccc(Sc3ccc(Cl)cc3)o2)C(=O)N1C. The smallest absolute Gasteiger partial charge is 0.266 e. The molecule has 0 atom stereocenters. The molecule has 0 unspecified atom stereocenters. The molecule has 1 aromatic heterocycles. The molecular formula is C16H13ClN2O2S2. The molecule has 1 aromatic carbocycles. The van der Waals surface area contributed by atoms with Crippen molar-refractivity contribution in [2.24, 2.45) is 4.99 Å². The lowest BCUT2D eigenvalue weighted by Gasteiger charge is -2.04. The Morgan fingerprint density at radius 1 is 1.26 bits per heavy atom. The van der Waals surface area contributed by atoms with E-state index in [1.807, 2.05) is 36.4 Å². The Morgan fingerprint density at radius 2 is 2.00 bits per heavy atom. The molecule has 2 aromatic rings. The minimum absolute atomic E-state index is 0.0705. The van der Waals surface area contributed by atoms with Crippen LogP contribution in [0.4, 0.5) is 0 Å². The lowest BCUT2D eigenvalue weighted by Crippen LogP contribution is -2.23. The standard InChI is InChI=1S/C16H13ClN2O2S2/c1-18-16-19(2)15(20)13(23-16)9-11-5-8-14(21-11)22-12-6-3-10(17)4-7-12/h3-9H,1-2H3/b13-9+,18-16?. The van der Waals surface area contributed by atoms with Crippen LogP contribution in [0.3, 0.4) is 0 Å². The Bertz CT molecular complexity index is 797. The second kappa shape index (κ2) is 6.86. The lowest BCUT2D eigenvalue weighted by atomic mass is 10.4. The molecule has 0 bridgehead atoms. The molecule has 7 heteroatoms. The van der Waals surface area contributed by atoms with Crippen molar-refractivity contribution >= 4 is 52.3 Å². The molecule has 1 fully saturated rings. The summed E-state index contributed by atoms with van der Waals surface area (Å²) in [6.07, 6.45) is 1.74. The summed E-state index contributed by atoms with van der Waals surface area (Å²) in [4.78, 5) is 19.4. The lowest BCUT2D eigenvalue weighted by molar-refractivity contribution is -0.121. The number of rotatable bonds is 3. The molecule has 1 aliphatic heterocycles. The average Bonchev–Trinajstić information content (AvgIpc) is 3.09. The van der Waals surface area contributed by atoms with Gasteiger partial charge in [0.05, 0.1) is 4.91 Å². The summed E-state index contributed by atoms with van der Waals surface area (Å²) >= 11 is 8.72. The van der Waals surface area contributed by atoms with Crippen molar-refractivity contribution < 1.29 is 9.21 Å². The summed E-state index contributed by atoms with van der Waals surface area (Å²) in [5.41, 5.74) is 0. The number of hydrogen-bond acceptors (Lipinski definition) is 5. The summed E-state index contributed by atoms with van der Waals surface area (Å²) in [5.74, 6) is 0.571. The van der Waals surface area contributed by atoms with Crippen molar-refractivity contribution in [1.29, 1.82) is 0 Å². The topological polar surface area (TPSA) is 45.8 Å². The molecule has 118 valence electrons. The zero-order chi connectivity index (χ0) is 16.4. The van der Waals surface area contributed by atoms with E-state index < -0.39 is 0 Å². The van der Waals surface area contributed by atoms with Gasteiger partial charge in [-0.15, -0.1) is 0 Å². The Hall–Kier alpha value is -1.63. The zero-order valence-corrected chi connectivity index (χ0v) is 14.8. The molecule has 4 nitrogen and oxygen atoms in total. The maximum Gasteiger partial charge on any atom is 0.266 e. The Kier molecular flexibility index (Phi) is 4.84. The molecule has 2 heterocycles. The van der Waals surface area contributed by atoms with E-state index >= 15 is 0 Å². The van der Waals surface area contributed by atoms with Crippen LogP contribution < -0.4 is 0 Å². The highest BCUT2D eigenvalue weighted by Crippen LogP contribution is 2.34. The molecule has 0 N–H and O–H groups in total. The van der Waals surface area contributed by atoms with Crippen LogP contribution in [0.5, 0.6) is 0 Å². The minimum Gasteiger partial charge on any atom is -0.450 e. The summed E-state index contributed by atoms with van der Waals surface area (Å²) in [6.45, 7) is 0. The Morgan fingerprint density at radius 3 is 2.65 bits per heavy atom. The zero-order valence-electron chi connectivity index (χ0n) is 12.4. The molecular weight excluding hydrogens is 352 g/mol. The van der Waals surface area contributed by atoms with Crippen LogP contribution in [0.15, 0.2) is 60.7 Å². The molecule has 3 rings (SSSR count). The highest BCUT2D eigenvalue weighted by molar-refractivity contribution is 8.18. The monoisotopic (exact) mass is 364 g/mol. The van der Waals surface area contributed by atoms with Gasteiger partial charge >= 0.3 is 0 Å². The first-order valence-electron chi connectivity index (χ1n) is 6.74. The predicted molar refractivity (Wildman–Crippen MR) is 96.0 cm³/mol. The molecule has 0 saturated carbocycles. The normalized spacial score (nSPS) is 18.4. The van der Waals surface area contributed by atoms with Gasteiger partial charge in [0.15, 0.2) is 10.3 Å². The summed E-state index contributed by atoms with van der Waals surface area (Å²) < 4.78 is 5.76. The Balaban J connectivity index is 1.76. The van der Waals surface area contributed by atoms with E-state index in [-0.39, 0.29) is 5.91 Å². The van der Waals surface area contributed by atoms with Crippen LogP contribution >= 0.6 is 35.1 Å².